The SMILES string of the molecule is Cc1cc(-n2c3ccc(-c4ccnc(-c5ccccc5)c4)cc3c3cc(-c4ccnc(-c5ccccc5)c4)ccc32)c(-n2c3ccc(-c4ccnc(-c5ccccc5)c4)cc3c3cc(-c4ccnc(-c5ccccc5)c4)ccc32)cc1-c1cccc(C#N)c1. The van der Waals surface area contributed by atoms with E-state index >= 15 is 0 Å². The summed E-state index contributed by atoms with van der Waals surface area (Å²) >= 11 is 0. The van der Waals surface area contributed by atoms with Gasteiger partial charge in [0.1, 0.15) is 0 Å². The summed E-state index contributed by atoms with van der Waals surface area (Å²) in [4.78, 5) is 19.3. The molecule has 7 heteroatoms. The average Bonchev–Trinajstić information content (AvgIpc) is 1.67. The van der Waals surface area contributed by atoms with Gasteiger partial charge in [-0.1, -0.05) is 158 Å². The summed E-state index contributed by atoms with van der Waals surface area (Å²) in [6, 6.07) is 101. The zero-order chi connectivity index (χ0) is 59.4. The van der Waals surface area contributed by atoms with Gasteiger partial charge in [-0.05, 0) is 189 Å². The minimum atomic E-state index is 0.603. The molecule has 0 amide bonds. The van der Waals surface area contributed by atoms with Gasteiger partial charge in [0, 0.05) is 68.6 Å². The van der Waals surface area contributed by atoms with Crippen LogP contribution in [0.2, 0.25) is 0 Å². The van der Waals surface area contributed by atoms with Crippen molar-refractivity contribution in [1.82, 2.24) is 29.1 Å². The fourth-order valence-corrected chi connectivity index (χ4v) is 12.9. The Balaban J connectivity index is 0.962. The second kappa shape index (κ2) is 22.1. The molecule has 16 rings (SSSR count). The molecule has 0 saturated heterocycles. The van der Waals surface area contributed by atoms with Crippen molar-refractivity contribution in [3.8, 4) is 118 Å². The van der Waals surface area contributed by atoms with E-state index in [1.165, 1.54) is 0 Å². The molecule has 0 atom stereocenters. The third kappa shape index (κ3) is 9.59. The summed E-state index contributed by atoms with van der Waals surface area (Å²) in [5.41, 5.74) is 26.4. The normalized spacial score (nSPS) is 11.4. The van der Waals surface area contributed by atoms with Gasteiger partial charge in [-0.15, -0.1) is 0 Å². The second-order valence-corrected chi connectivity index (χ2v) is 22.6. The Hall–Kier alpha value is -12.1. The molecule has 16 aromatic rings. The van der Waals surface area contributed by atoms with Crippen LogP contribution in [0.1, 0.15) is 11.1 Å². The number of aromatic nitrogens is 6. The number of rotatable bonds is 11. The number of fused-ring (bicyclic) bond motifs is 6. The molecule has 10 aromatic carbocycles. The molecule has 0 fully saturated rings. The number of nitrogens with zero attached hydrogens (tertiary/aromatic N) is 7. The third-order valence-corrected chi connectivity index (χ3v) is 17.3. The number of benzene rings is 10. The quantitative estimate of drug-likeness (QED) is 0.129. The first-order chi connectivity index (χ1) is 44.0. The minimum Gasteiger partial charge on any atom is -0.307 e. The fraction of sp³-hybridized carbons (Fsp3) is 0.0122. The topological polar surface area (TPSA) is 85.2 Å². The van der Waals surface area contributed by atoms with E-state index in [1.54, 1.807) is 0 Å². The Labute approximate surface area is 515 Å². The molecular formula is C82H53N7. The Morgan fingerprint density at radius 2 is 0.573 bits per heavy atom. The van der Waals surface area contributed by atoms with Gasteiger partial charge in [-0.3, -0.25) is 19.9 Å². The first kappa shape index (κ1) is 52.4. The average molecular weight is 1140 g/mol. The van der Waals surface area contributed by atoms with Crippen molar-refractivity contribution in [2.75, 3.05) is 0 Å². The lowest BCUT2D eigenvalue weighted by Gasteiger charge is -2.20. The molecular weight excluding hydrogens is 1080 g/mol. The van der Waals surface area contributed by atoms with Gasteiger partial charge in [-0.25, -0.2) is 0 Å². The van der Waals surface area contributed by atoms with E-state index in [0.717, 1.165) is 161 Å². The summed E-state index contributed by atoms with van der Waals surface area (Å²) in [5, 5.41) is 14.7. The molecule has 0 radical (unpaired) electrons. The van der Waals surface area contributed by atoms with Crippen LogP contribution in [0, 0.1) is 18.3 Å². The van der Waals surface area contributed by atoms with Crippen LogP contribution >= 0.6 is 0 Å². The molecule has 6 aromatic heterocycles. The van der Waals surface area contributed by atoms with E-state index < -0.39 is 0 Å². The van der Waals surface area contributed by atoms with Crippen molar-refractivity contribution < 1.29 is 0 Å². The second-order valence-electron chi connectivity index (χ2n) is 22.6. The number of aryl methyl sites for hydroxylation is 1. The summed E-state index contributed by atoms with van der Waals surface area (Å²) in [7, 11) is 0. The Morgan fingerprint density at radius 3 is 0.899 bits per heavy atom. The lowest BCUT2D eigenvalue weighted by atomic mass is 9.97. The van der Waals surface area contributed by atoms with Crippen molar-refractivity contribution in [3.05, 3.63) is 315 Å². The molecule has 0 bridgehead atoms. The van der Waals surface area contributed by atoms with Gasteiger partial charge in [0.15, 0.2) is 0 Å². The molecule has 7 nitrogen and oxygen atoms in total. The van der Waals surface area contributed by atoms with E-state index in [2.05, 4.69) is 259 Å². The fourth-order valence-electron chi connectivity index (χ4n) is 12.9. The summed E-state index contributed by atoms with van der Waals surface area (Å²) in [6.45, 7) is 2.19. The maximum absolute atomic E-state index is 10.3. The Kier molecular flexibility index (Phi) is 13.0. The van der Waals surface area contributed by atoms with Crippen LogP contribution in [0.4, 0.5) is 0 Å². The molecule has 0 aliphatic carbocycles. The van der Waals surface area contributed by atoms with Crippen LogP contribution in [0.3, 0.4) is 0 Å². The number of hydrogen-bond donors (Lipinski definition) is 0. The number of pyridine rings is 4. The molecule has 89 heavy (non-hydrogen) atoms. The molecule has 0 spiro atoms. The van der Waals surface area contributed by atoms with Crippen molar-refractivity contribution in [1.29, 1.82) is 5.26 Å². The third-order valence-electron chi connectivity index (χ3n) is 17.3. The van der Waals surface area contributed by atoms with Gasteiger partial charge in [0.05, 0.1) is 67.8 Å². The van der Waals surface area contributed by atoms with E-state index in [9.17, 15) is 5.26 Å². The summed E-state index contributed by atoms with van der Waals surface area (Å²) < 4.78 is 4.92. The molecule has 0 N–H and O–H groups in total. The van der Waals surface area contributed by atoms with Gasteiger partial charge >= 0.3 is 0 Å². The molecule has 0 aliphatic heterocycles. The van der Waals surface area contributed by atoms with Crippen LogP contribution < -0.4 is 0 Å². The van der Waals surface area contributed by atoms with Gasteiger partial charge < -0.3 is 9.13 Å². The minimum absolute atomic E-state index is 0.603. The highest BCUT2D eigenvalue weighted by atomic mass is 15.1. The smallest absolute Gasteiger partial charge is 0.0991 e. The highest BCUT2D eigenvalue weighted by molar-refractivity contribution is 6.14. The predicted molar refractivity (Wildman–Crippen MR) is 365 cm³/mol. The van der Waals surface area contributed by atoms with Crippen molar-refractivity contribution in [3.63, 3.8) is 0 Å². The van der Waals surface area contributed by atoms with Gasteiger partial charge in [0.2, 0.25) is 0 Å². The number of hydrogen-bond acceptors (Lipinski definition) is 5. The summed E-state index contributed by atoms with van der Waals surface area (Å²) in [5.74, 6) is 0. The molecule has 0 saturated carbocycles. The van der Waals surface area contributed by atoms with Gasteiger partial charge in [-0.2, -0.15) is 5.26 Å². The number of nitriles is 1. The zero-order valence-corrected chi connectivity index (χ0v) is 48.5. The van der Waals surface area contributed by atoms with Crippen LogP contribution in [-0.2, 0) is 0 Å². The molecule has 0 aliphatic rings. The van der Waals surface area contributed by atoms with E-state index in [1.807, 2.05) is 67.3 Å². The molecule has 416 valence electrons. The van der Waals surface area contributed by atoms with Crippen LogP contribution in [-0.4, -0.2) is 29.1 Å². The van der Waals surface area contributed by atoms with E-state index in [0.29, 0.717) is 5.56 Å². The van der Waals surface area contributed by atoms with E-state index in [4.69, 9.17) is 19.9 Å². The monoisotopic (exact) mass is 1140 g/mol. The highest BCUT2D eigenvalue weighted by Crippen LogP contribution is 2.45. The Bertz CT molecular complexity index is 5170. The highest BCUT2D eigenvalue weighted by Gasteiger charge is 2.24. The van der Waals surface area contributed by atoms with Crippen LogP contribution in [0.25, 0.3) is 156 Å². The maximum atomic E-state index is 10.3. The summed E-state index contributed by atoms with van der Waals surface area (Å²) in [6.07, 6.45) is 7.65. The van der Waals surface area contributed by atoms with Crippen molar-refractivity contribution in [2.45, 2.75) is 6.92 Å². The zero-order valence-electron chi connectivity index (χ0n) is 48.5. The standard InChI is InChI=1S/C82H53N7/c1-53-41-81(88-77-29-25-59(63-33-37-84-73(47-63)55-16-6-2-7-17-55)43-69(77)70-44-60(26-30-78(70)88)64-34-38-85-74(48-64)56-18-8-3-9-19-56)82(51-68(53)67-24-14-15-54(42-67)52-83)89-79-31-27-61(65-35-39-86-75(49-65)57-20-10-4-11-21-57)45-71(79)72-46-62(28-32-80(72)89)66-36-40-87-76(50-66)58-22-12-5-13-23-58/h2-51H,1H3. The Morgan fingerprint density at radius 1 is 0.270 bits per heavy atom. The van der Waals surface area contributed by atoms with Crippen LogP contribution in [0.5, 0.6) is 0 Å². The van der Waals surface area contributed by atoms with Gasteiger partial charge in [0.25, 0.3) is 0 Å². The largest absolute Gasteiger partial charge is 0.307 e. The first-order valence-corrected chi connectivity index (χ1v) is 29.9. The van der Waals surface area contributed by atoms with E-state index in [-0.39, 0.29) is 0 Å². The predicted octanol–water partition coefficient (Wildman–Crippen LogP) is 20.6. The lowest BCUT2D eigenvalue weighted by molar-refractivity contribution is 1.09. The van der Waals surface area contributed by atoms with Crippen LogP contribution in [0.15, 0.2) is 304 Å². The molecule has 6 heterocycles. The molecule has 0 unspecified atom stereocenters. The van der Waals surface area contributed by atoms with Crippen molar-refractivity contribution >= 4 is 43.6 Å². The van der Waals surface area contributed by atoms with Crippen molar-refractivity contribution in [2.24, 2.45) is 0 Å². The first-order valence-electron chi connectivity index (χ1n) is 29.9. The lowest BCUT2D eigenvalue weighted by Crippen LogP contribution is -2.05. The maximum Gasteiger partial charge on any atom is 0.0991 e.